The van der Waals surface area contributed by atoms with Crippen molar-refractivity contribution >= 4 is 16.8 Å². The number of fused-ring (bicyclic) bond motifs is 1. The summed E-state index contributed by atoms with van der Waals surface area (Å²) in [7, 11) is 3.25. The molecule has 0 unspecified atom stereocenters. The van der Waals surface area contributed by atoms with E-state index in [0.717, 1.165) is 22.0 Å². The number of halogens is 1. The maximum absolute atomic E-state index is 13.6. The molecule has 2 aromatic heterocycles. The van der Waals surface area contributed by atoms with Crippen LogP contribution in [0.4, 0.5) is 4.39 Å². The summed E-state index contributed by atoms with van der Waals surface area (Å²) in [5.74, 6) is -0.345. The number of aromatic nitrogens is 4. The SMILES string of the molecule is COc1cc(F)cc(CNC(=O)c2nn(C)c3cc(-c4cn[nH]c4)ccc23)c1. The number of nitrogens with one attached hydrogen (secondary N) is 2. The molecule has 0 fully saturated rings. The van der Waals surface area contributed by atoms with E-state index in [1.165, 1.54) is 19.2 Å². The van der Waals surface area contributed by atoms with Crippen molar-refractivity contribution < 1.29 is 13.9 Å². The van der Waals surface area contributed by atoms with Gasteiger partial charge >= 0.3 is 0 Å². The van der Waals surface area contributed by atoms with Gasteiger partial charge in [0.05, 0.1) is 18.8 Å². The highest BCUT2D eigenvalue weighted by molar-refractivity contribution is 6.05. The minimum atomic E-state index is -0.418. The molecule has 0 saturated heterocycles. The number of rotatable bonds is 5. The fourth-order valence-electron chi connectivity index (χ4n) is 3.12. The number of amides is 1. The van der Waals surface area contributed by atoms with E-state index in [4.69, 9.17) is 4.74 Å². The average Bonchev–Trinajstić information content (AvgIpc) is 3.34. The van der Waals surface area contributed by atoms with Gasteiger partial charge in [0.1, 0.15) is 11.6 Å². The third-order valence-corrected chi connectivity index (χ3v) is 4.52. The highest BCUT2D eigenvalue weighted by atomic mass is 19.1. The molecule has 2 aromatic carbocycles. The van der Waals surface area contributed by atoms with Gasteiger partial charge in [-0.25, -0.2) is 4.39 Å². The largest absolute Gasteiger partial charge is 0.497 e. The Morgan fingerprint density at radius 1 is 1.25 bits per heavy atom. The molecule has 1 amide bonds. The lowest BCUT2D eigenvalue weighted by Crippen LogP contribution is -2.23. The van der Waals surface area contributed by atoms with Crippen LogP contribution in [0.3, 0.4) is 0 Å². The van der Waals surface area contributed by atoms with Crippen molar-refractivity contribution in [3.8, 4) is 16.9 Å². The van der Waals surface area contributed by atoms with E-state index < -0.39 is 5.82 Å². The van der Waals surface area contributed by atoms with Gasteiger partial charge in [0.25, 0.3) is 5.91 Å². The Morgan fingerprint density at radius 3 is 2.86 bits per heavy atom. The molecule has 7 nitrogen and oxygen atoms in total. The molecule has 4 rings (SSSR count). The second kappa shape index (κ2) is 7.15. The Kier molecular flexibility index (Phi) is 4.52. The number of carbonyl (C=O) groups is 1. The zero-order chi connectivity index (χ0) is 19.7. The molecule has 0 aliphatic rings. The molecule has 0 spiro atoms. The Morgan fingerprint density at radius 2 is 2.11 bits per heavy atom. The normalized spacial score (nSPS) is 11.0. The minimum absolute atomic E-state index is 0.165. The van der Waals surface area contributed by atoms with Crippen LogP contribution < -0.4 is 10.1 Å². The standard InChI is InChI=1S/C20H18FN5O2/c1-26-18-7-13(14-10-23-24-11-14)3-4-17(18)19(25-26)20(27)22-9-12-5-15(21)8-16(6-12)28-2/h3-8,10-11H,9H2,1-2H3,(H,22,27)(H,23,24). The smallest absolute Gasteiger partial charge is 0.272 e. The molecule has 142 valence electrons. The summed E-state index contributed by atoms with van der Waals surface area (Å²) < 4.78 is 20.3. The van der Waals surface area contributed by atoms with E-state index in [9.17, 15) is 9.18 Å². The number of carbonyl (C=O) groups excluding carboxylic acids is 1. The summed E-state index contributed by atoms with van der Waals surface area (Å²) in [5.41, 5.74) is 3.68. The van der Waals surface area contributed by atoms with Crippen LogP contribution in [0.15, 0.2) is 48.8 Å². The molecule has 8 heteroatoms. The van der Waals surface area contributed by atoms with Crippen molar-refractivity contribution in [1.29, 1.82) is 0 Å². The molecule has 28 heavy (non-hydrogen) atoms. The first-order valence-corrected chi connectivity index (χ1v) is 8.62. The van der Waals surface area contributed by atoms with Gasteiger partial charge in [-0.05, 0) is 35.4 Å². The van der Waals surface area contributed by atoms with Crippen molar-refractivity contribution in [2.24, 2.45) is 7.05 Å². The molecular formula is C20H18FN5O2. The van der Waals surface area contributed by atoms with E-state index in [2.05, 4.69) is 20.6 Å². The molecule has 2 N–H and O–H groups in total. The molecule has 0 aliphatic carbocycles. The lowest BCUT2D eigenvalue weighted by Gasteiger charge is -2.07. The summed E-state index contributed by atoms with van der Waals surface area (Å²) in [4.78, 5) is 12.7. The van der Waals surface area contributed by atoms with E-state index in [1.807, 2.05) is 18.2 Å². The second-order valence-corrected chi connectivity index (χ2v) is 6.37. The van der Waals surface area contributed by atoms with E-state index >= 15 is 0 Å². The van der Waals surface area contributed by atoms with Gasteiger partial charge in [0.15, 0.2) is 5.69 Å². The lowest BCUT2D eigenvalue weighted by molar-refractivity contribution is 0.0946. The zero-order valence-electron chi connectivity index (χ0n) is 15.4. The summed E-state index contributed by atoms with van der Waals surface area (Å²) in [6.45, 7) is 0.165. The fourth-order valence-corrected chi connectivity index (χ4v) is 3.12. The van der Waals surface area contributed by atoms with Crippen LogP contribution >= 0.6 is 0 Å². The van der Waals surface area contributed by atoms with Crippen LogP contribution in [0.2, 0.25) is 0 Å². The molecule has 0 saturated carbocycles. The predicted molar refractivity (Wildman–Crippen MR) is 102 cm³/mol. The third kappa shape index (κ3) is 3.32. The maximum atomic E-state index is 13.6. The number of hydrogen-bond acceptors (Lipinski definition) is 4. The highest BCUT2D eigenvalue weighted by Crippen LogP contribution is 2.25. The van der Waals surface area contributed by atoms with Gasteiger partial charge in [-0.15, -0.1) is 0 Å². The number of nitrogens with zero attached hydrogens (tertiary/aromatic N) is 3. The first-order valence-electron chi connectivity index (χ1n) is 8.62. The highest BCUT2D eigenvalue weighted by Gasteiger charge is 2.17. The van der Waals surface area contributed by atoms with Gasteiger partial charge in [-0.2, -0.15) is 10.2 Å². The van der Waals surface area contributed by atoms with E-state index in [-0.39, 0.29) is 12.5 Å². The van der Waals surface area contributed by atoms with Crippen molar-refractivity contribution in [3.63, 3.8) is 0 Å². The van der Waals surface area contributed by atoms with Crippen molar-refractivity contribution in [1.82, 2.24) is 25.3 Å². The number of aromatic amines is 1. The number of methoxy groups -OCH3 is 1. The number of benzene rings is 2. The van der Waals surface area contributed by atoms with Crippen LogP contribution in [0, 0.1) is 5.82 Å². The molecular weight excluding hydrogens is 361 g/mol. The molecule has 0 radical (unpaired) electrons. The van der Waals surface area contributed by atoms with Gasteiger partial charge in [0.2, 0.25) is 0 Å². The maximum Gasteiger partial charge on any atom is 0.272 e. The predicted octanol–water partition coefficient (Wildman–Crippen LogP) is 3.04. The zero-order valence-corrected chi connectivity index (χ0v) is 15.4. The number of hydrogen-bond donors (Lipinski definition) is 2. The first-order chi connectivity index (χ1) is 13.5. The Labute approximate surface area is 160 Å². The summed E-state index contributed by atoms with van der Waals surface area (Å²) in [5, 5.41) is 14.6. The molecule has 4 aromatic rings. The van der Waals surface area contributed by atoms with Gasteiger partial charge in [-0.3, -0.25) is 14.6 Å². The number of H-pyrrole nitrogens is 1. The van der Waals surface area contributed by atoms with Crippen LogP contribution in [0.25, 0.3) is 22.0 Å². The lowest BCUT2D eigenvalue weighted by atomic mass is 10.1. The van der Waals surface area contributed by atoms with Gasteiger partial charge < -0.3 is 10.1 Å². The average molecular weight is 379 g/mol. The fraction of sp³-hybridized carbons (Fsp3) is 0.150. The quantitative estimate of drug-likeness (QED) is 0.558. The Balaban J connectivity index is 1.58. The molecule has 0 bridgehead atoms. The monoisotopic (exact) mass is 379 g/mol. The molecule has 2 heterocycles. The number of aryl methyl sites for hydroxylation is 1. The van der Waals surface area contributed by atoms with Crippen LogP contribution in [0.1, 0.15) is 16.1 Å². The van der Waals surface area contributed by atoms with E-state index in [1.54, 1.807) is 30.2 Å². The van der Waals surface area contributed by atoms with E-state index in [0.29, 0.717) is 17.0 Å². The molecule has 0 atom stereocenters. The van der Waals surface area contributed by atoms with Crippen LogP contribution in [0.5, 0.6) is 5.75 Å². The van der Waals surface area contributed by atoms with Crippen molar-refractivity contribution in [2.75, 3.05) is 7.11 Å². The topological polar surface area (TPSA) is 84.8 Å². The minimum Gasteiger partial charge on any atom is -0.497 e. The summed E-state index contributed by atoms with van der Waals surface area (Å²) in [6.07, 6.45) is 3.54. The third-order valence-electron chi connectivity index (χ3n) is 4.52. The Bertz CT molecular complexity index is 1150. The summed E-state index contributed by atoms with van der Waals surface area (Å²) in [6, 6.07) is 10.1. The van der Waals surface area contributed by atoms with Crippen LogP contribution in [-0.4, -0.2) is 33.0 Å². The summed E-state index contributed by atoms with van der Waals surface area (Å²) >= 11 is 0. The number of ether oxygens (including phenoxy) is 1. The van der Waals surface area contributed by atoms with Crippen molar-refractivity contribution in [3.05, 3.63) is 65.9 Å². The molecule has 0 aliphatic heterocycles. The van der Waals surface area contributed by atoms with Crippen LogP contribution in [-0.2, 0) is 13.6 Å². The second-order valence-electron chi connectivity index (χ2n) is 6.37. The Hall–Kier alpha value is -3.68. The van der Waals surface area contributed by atoms with Gasteiger partial charge in [-0.1, -0.05) is 6.07 Å². The van der Waals surface area contributed by atoms with Gasteiger partial charge in [0, 0.05) is 36.8 Å². The first kappa shape index (κ1) is 17.7. The van der Waals surface area contributed by atoms with Crippen molar-refractivity contribution in [2.45, 2.75) is 6.54 Å².